The molecule has 1 aliphatic rings. The lowest BCUT2D eigenvalue weighted by atomic mass is 10.0. The van der Waals surface area contributed by atoms with E-state index in [1.54, 1.807) is 7.11 Å². The molecule has 20 heavy (non-hydrogen) atoms. The summed E-state index contributed by atoms with van der Waals surface area (Å²) in [6, 6.07) is 14.8. The summed E-state index contributed by atoms with van der Waals surface area (Å²) in [4.78, 5) is 0. The Labute approximate surface area is 120 Å². The number of methoxy groups -OCH3 is 1. The molecule has 0 saturated heterocycles. The number of para-hydroxylation sites is 1. The first kappa shape index (κ1) is 13.2. The average Bonchev–Trinajstić information content (AvgIpc) is 2.79. The number of hydrogen-bond acceptors (Lipinski definition) is 2. The maximum Gasteiger partial charge on any atom is 0.0853 e. The van der Waals surface area contributed by atoms with Crippen LogP contribution in [-0.4, -0.2) is 7.11 Å². The molecule has 0 fully saturated rings. The fourth-order valence-corrected chi connectivity index (χ4v) is 3.20. The largest absolute Gasteiger partial charge is 0.376 e. The molecule has 0 heterocycles. The van der Waals surface area contributed by atoms with Gasteiger partial charge >= 0.3 is 0 Å². The summed E-state index contributed by atoms with van der Waals surface area (Å²) in [5, 5.41) is 3.58. The summed E-state index contributed by atoms with van der Waals surface area (Å²) in [6.07, 6.45) is 1.30. The van der Waals surface area contributed by atoms with Crippen LogP contribution in [0.25, 0.3) is 0 Å². The van der Waals surface area contributed by atoms with Crippen molar-refractivity contribution >= 4 is 11.4 Å². The van der Waals surface area contributed by atoms with Crippen molar-refractivity contribution in [3.63, 3.8) is 0 Å². The van der Waals surface area contributed by atoms with Gasteiger partial charge in [0.2, 0.25) is 0 Å². The average molecular weight is 267 g/mol. The molecule has 0 spiro atoms. The highest BCUT2D eigenvalue weighted by atomic mass is 16.5. The summed E-state index contributed by atoms with van der Waals surface area (Å²) in [5.74, 6) is 0.535. The van der Waals surface area contributed by atoms with Gasteiger partial charge in [0.1, 0.15) is 0 Å². The summed E-state index contributed by atoms with van der Waals surface area (Å²) in [6.45, 7) is 4.42. The molecule has 0 radical (unpaired) electrons. The quantitative estimate of drug-likeness (QED) is 0.876. The van der Waals surface area contributed by atoms with Crippen molar-refractivity contribution in [2.45, 2.75) is 26.4 Å². The lowest BCUT2D eigenvalue weighted by Gasteiger charge is -2.16. The highest BCUT2D eigenvalue weighted by Gasteiger charge is 2.31. The van der Waals surface area contributed by atoms with Gasteiger partial charge in [0.05, 0.1) is 6.10 Å². The number of anilines is 2. The van der Waals surface area contributed by atoms with Crippen molar-refractivity contribution in [3.05, 3.63) is 59.2 Å². The normalized spacial score (nSPS) is 20.8. The monoisotopic (exact) mass is 267 g/mol. The van der Waals surface area contributed by atoms with Crippen LogP contribution in [0.1, 0.15) is 29.7 Å². The fraction of sp³-hybridized carbons (Fsp3) is 0.333. The van der Waals surface area contributed by atoms with E-state index in [0.717, 1.165) is 12.1 Å². The third-order valence-corrected chi connectivity index (χ3v) is 4.20. The van der Waals surface area contributed by atoms with Crippen molar-refractivity contribution in [1.29, 1.82) is 0 Å². The summed E-state index contributed by atoms with van der Waals surface area (Å²) < 4.78 is 5.67. The first-order valence-electron chi connectivity index (χ1n) is 7.18. The van der Waals surface area contributed by atoms with E-state index in [9.17, 15) is 0 Å². The van der Waals surface area contributed by atoms with Gasteiger partial charge in [-0.25, -0.2) is 0 Å². The van der Waals surface area contributed by atoms with Gasteiger partial charge in [-0.1, -0.05) is 37.3 Å². The Hall–Kier alpha value is -1.80. The van der Waals surface area contributed by atoms with E-state index < -0.39 is 0 Å². The van der Waals surface area contributed by atoms with E-state index >= 15 is 0 Å². The van der Waals surface area contributed by atoms with Crippen LogP contribution in [0.3, 0.4) is 0 Å². The Bertz CT molecular complexity index is 606. The van der Waals surface area contributed by atoms with E-state index in [1.807, 2.05) is 6.07 Å². The third kappa shape index (κ3) is 2.20. The summed E-state index contributed by atoms with van der Waals surface area (Å²) >= 11 is 0. The second kappa shape index (κ2) is 5.29. The molecule has 2 nitrogen and oxygen atoms in total. The van der Waals surface area contributed by atoms with Crippen LogP contribution >= 0.6 is 0 Å². The van der Waals surface area contributed by atoms with E-state index in [0.29, 0.717) is 5.92 Å². The van der Waals surface area contributed by atoms with Crippen LogP contribution in [0.5, 0.6) is 0 Å². The van der Waals surface area contributed by atoms with E-state index in [4.69, 9.17) is 4.74 Å². The minimum atomic E-state index is 0.224. The molecule has 0 saturated carbocycles. The SMILES string of the molecule is COC1c2ccc(C)c(Nc3ccccc3)c2CC1C. The van der Waals surface area contributed by atoms with Gasteiger partial charge in [0.15, 0.2) is 0 Å². The highest BCUT2D eigenvalue weighted by Crippen LogP contribution is 2.43. The van der Waals surface area contributed by atoms with Gasteiger partial charge in [-0.05, 0) is 48.1 Å². The number of benzene rings is 2. The van der Waals surface area contributed by atoms with Crippen LogP contribution in [0.15, 0.2) is 42.5 Å². The number of fused-ring (bicyclic) bond motifs is 1. The molecule has 2 unspecified atom stereocenters. The van der Waals surface area contributed by atoms with Crippen LogP contribution in [0, 0.1) is 12.8 Å². The van der Waals surface area contributed by atoms with Crippen LogP contribution in [0.2, 0.25) is 0 Å². The zero-order valence-electron chi connectivity index (χ0n) is 12.3. The van der Waals surface area contributed by atoms with E-state index in [-0.39, 0.29) is 6.10 Å². The van der Waals surface area contributed by atoms with Gasteiger partial charge < -0.3 is 10.1 Å². The first-order chi connectivity index (χ1) is 9.70. The fourth-order valence-electron chi connectivity index (χ4n) is 3.20. The van der Waals surface area contributed by atoms with Crippen molar-refractivity contribution < 1.29 is 4.74 Å². The van der Waals surface area contributed by atoms with Crippen molar-refractivity contribution in [1.82, 2.24) is 0 Å². The molecule has 0 amide bonds. The molecule has 3 rings (SSSR count). The Kier molecular flexibility index (Phi) is 3.49. The molecule has 1 aliphatic carbocycles. The lowest BCUT2D eigenvalue weighted by Crippen LogP contribution is -2.05. The molecular weight excluding hydrogens is 246 g/mol. The predicted octanol–water partition coefficient (Wildman–Crippen LogP) is 4.62. The number of rotatable bonds is 3. The van der Waals surface area contributed by atoms with Gasteiger partial charge in [0, 0.05) is 18.5 Å². The van der Waals surface area contributed by atoms with Gasteiger partial charge in [-0.15, -0.1) is 0 Å². The smallest absolute Gasteiger partial charge is 0.0853 e. The maximum absolute atomic E-state index is 5.67. The van der Waals surface area contributed by atoms with E-state index in [2.05, 4.69) is 55.6 Å². The standard InChI is InChI=1S/C18H21NO/c1-12-9-10-15-16(11-13(2)18(15)20-3)17(12)19-14-7-5-4-6-8-14/h4-10,13,18-19H,11H2,1-3H3. The van der Waals surface area contributed by atoms with Crippen LogP contribution in [0.4, 0.5) is 11.4 Å². The second-order valence-electron chi connectivity index (χ2n) is 5.65. The van der Waals surface area contributed by atoms with Gasteiger partial charge in [-0.2, -0.15) is 0 Å². The molecule has 0 aromatic heterocycles. The lowest BCUT2D eigenvalue weighted by molar-refractivity contribution is 0.0695. The summed E-state index contributed by atoms with van der Waals surface area (Å²) in [5.41, 5.74) is 6.42. The zero-order chi connectivity index (χ0) is 14.1. The maximum atomic E-state index is 5.67. The summed E-state index contributed by atoms with van der Waals surface area (Å²) in [7, 11) is 1.81. The number of hydrogen-bond donors (Lipinski definition) is 1. The predicted molar refractivity (Wildman–Crippen MR) is 83.5 cm³/mol. The first-order valence-corrected chi connectivity index (χ1v) is 7.18. The molecule has 2 aromatic rings. The number of aryl methyl sites for hydroxylation is 1. The van der Waals surface area contributed by atoms with Gasteiger partial charge in [0.25, 0.3) is 0 Å². The Morgan fingerprint density at radius 2 is 1.85 bits per heavy atom. The minimum absolute atomic E-state index is 0.224. The molecule has 2 heteroatoms. The third-order valence-electron chi connectivity index (χ3n) is 4.20. The van der Waals surface area contributed by atoms with Crippen molar-refractivity contribution in [2.24, 2.45) is 5.92 Å². The Morgan fingerprint density at radius 1 is 1.10 bits per heavy atom. The molecular formula is C18H21NO. The minimum Gasteiger partial charge on any atom is -0.376 e. The number of nitrogens with one attached hydrogen (secondary N) is 1. The second-order valence-corrected chi connectivity index (χ2v) is 5.65. The highest BCUT2D eigenvalue weighted by molar-refractivity contribution is 5.69. The van der Waals surface area contributed by atoms with Gasteiger partial charge in [-0.3, -0.25) is 0 Å². The van der Waals surface area contributed by atoms with Crippen LogP contribution < -0.4 is 5.32 Å². The molecule has 0 aliphatic heterocycles. The van der Waals surface area contributed by atoms with E-state index in [1.165, 1.54) is 22.4 Å². The zero-order valence-corrected chi connectivity index (χ0v) is 12.3. The Balaban J connectivity index is 2.02. The molecule has 104 valence electrons. The topological polar surface area (TPSA) is 21.3 Å². The molecule has 1 N–H and O–H groups in total. The van der Waals surface area contributed by atoms with Crippen molar-refractivity contribution in [2.75, 3.05) is 12.4 Å². The molecule has 2 atom stereocenters. The molecule has 0 bridgehead atoms. The Morgan fingerprint density at radius 3 is 2.55 bits per heavy atom. The number of ether oxygens (including phenoxy) is 1. The van der Waals surface area contributed by atoms with Crippen LogP contribution in [-0.2, 0) is 11.2 Å². The van der Waals surface area contributed by atoms with Crippen molar-refractivity contribution in [3.8, 4) is 0 Å². The molecule has 2 aromatic carbocycles.